The van der Waals surface area contributed by atoms with Crippen LogP contribution in [0.3, 0.4) is 0 Å². The van der Waals surface area contributed by atoms with Gasteiger partial charge in [0.05, 0.1) is 5.75 Å². The molecule has 0 saturated heterocycles. The van der Waals surface area contributed by atoms with Crippen LogP contribution in [0.4, 0.5) is 5.13 Å². The van der Waals surface area contributed by atoms with E-state index in [4.69, 9.17) is 4.18 Å². The maximum atomic E-state index is 11.8. The number of hydrogen-bond acceptors (Lipinski definition) is 8. The molecule has 9 heteroatoms. The molecule has 20 heavy (non-hydrogen) atoms. The number of rotatable bonds is 7. The first-order valence-electron chi connectivity index (χ1n) is 5.70. The van der Waals surface area contributed by atoms with Crippen LogP contribution in [-0.2, 0) is 10.1 Å². The highest BCUT2D eigenvalue weighted by molar-refractivity contribution is 8.01. The lowest BCUT2D eigenvalue weighted by Gasteiger charge is -2.05. The summed E-state index contributed by atoms with van der Waals surface area (Å²) in [5, 5.41) is 11.4. The molecule has 0 aliphatic rings. The topological polar surface area (TPSA) is 81.2 Å². The van der Waals surface area contributed by atoms with E-state index >= 15 is 0 Å². The van der Waals surface area contributed by atoms with E-state index in [9.17, 15) is 8.42 Å². The van der Waals surface area contributed by atoms with Crippen molar-refractivity contribution in [2.45, 2.75) is 4.34 Å². The number of aromatic nitrogens is 2. The Morgan fingerprint density at radius 1 is 1.30 bits per heavy atom. The van der Waals surface area contributed by atoms with Crippen LogP contribution in [-0.4, -0.2) is 37.2 Å². The van der Waals surface area contributed by atoms with Gasteiger partial charge in [-0.3, -0.25) is 0 Å². The molecule has 0 saturated carbocycles. The van der Waals surface area contributed by atoms with E-state index in [2.05, 4.69) is 15.5 Å². The van der Waals surface area contributed by atoms with Gasteiger partial charge in [0.25, 0.3) is 0 Å². The number of hydrogen-bond donors (Lipinski definition) is 1. The van der Waals surface area contributed by atoms with Gasteiger partial charge in [-0.25, -0.2) is 0 Å². The average Bonchev–Trinajstić information content (AvgIpc) is 2.87. The van der Waals surface area contributed by atoms with Crippen molar-refractivity contribution in [1.29, 1.82) is 0 Å². The van der Waals surface area contributed by atoms with Crippen LogP contribution in [0.2, 0.25) is 0 Å². The molecule has 2 aromatic rings. The fourth-order valence-electron chi connectivity index (χ4n) is 1.26. The van der Waals surface area contributed by atoms with Gasteiger partial charge >= 0.3 is 10.1 Å². The number of anilines is 1. The van der Waals surface area contributed by atoms with Crippen LogP contribution >= 0.6 is 23.1 Å². The molecule has 0 aliphatic heterocycles. The van der Waals surface area contributed by atoms with Crippen molar-refractivity contribution >= 4 is 38.3 Å². The summed E-state index contributed by atoms with van der Waals surface area (Å²) in [6, 6.07) is 8.45. The Labute approximate surface area is 125 Å². The van der Waals surface area contributed by atoms with Crippen molar-refractivity contribution in [3.8, 4) is 5.75 Å². The summed E-state index contributed by atoms with van der Waals surface area (Å²) in [5.41, 5.74) is 0. The smallest absolute Gasteiger partial charge is 0.310 e. The Morgan fingerprint density at radius 3 is 2.70 bits per heavy atom. The molecule has 0 fully saturated rings. The van der Waals surface area contributed by atoms with Crippen molar-refractivity contribution in [3.05, 3.63) is 30.3 Å². The van der Waals surface area contributed by atoms with Gasteiger partial charge in [-0.1, -0.05) is 41.3 Å². The zero-order chi connectivity index (χ0) is 14.4. The highest BCUT2D eigenvalue weighted by Crippen LogP contribution is 2.25. The summed E-state index contributed by atoms with van der Waals surface area (Å²) < 4.78 is 29.2. The van der Waals surface area contributed by atoms with Crippen molar-refractivity contribution in [2.24, 2.45) is 0 Å². The Bertz CT molecular complexity index is 643. The third-order valence-corrected chi connectivity index (χ3v) is 5.63. The van der Waals surface area contributed by atoms with Gasteiger partial charge in [0, 0.05) is 12.8 Å². The Hall–Kier alpha value is -1.32. The highest BCUT2D eigenvalue weighted by atomic mass is 32.2. The predicted molar refractivity (Wildman–Crippen MR) is 81.0 cm³/mol. The zero-order valence-electron chi connectivity index (χ0n) is 10.6. The summed E-state index contributed by atoms with van der Waals surface area (Å²) in [7, 11) is -1.83. The van der Waals surface area contributed by atoms with Gasteiger partial charge in [0.15, 0.2) is 4.34 Å². The summed E-state index contributed by atoms with van der Waals surface area (Å²) >= 11 is 2.72. The van der Waals surface area contributed by atoms with Crippen LogP contribution in [0.15, 0.2) is 34.7 Å². The molecule has 0 amide bonds. The van der Waals surface area contributed by atoms with Crippen molar-refractivity contribution in [2.75, 3.05) is 23.9 Å². The van der Waals surface area contributed by atoms with Crippen LogP contribution in [0.25, 0.3) is 0 Å². The van der Waals surface area contributed by atoms with Crippen molar-refractivity contribution < 1.29 is 12.6 Å². The van der Waals surface area contributed by atoms with E-state index in [-0.39, 0.29) is 5.75 Å². The fourth-order valence-corrected chi connectivity index (χ4v) is 4.33. The van der Waals surface area contributed by atoms with Crippen LogP contribution in [0.1, 0.15) is 0 Å². The molecule has 0 aliphatic carbocycles. The predicted octanol–water partition coefficient (Wildman–Crippen LogP) is 2.08. The third-order valence-electron chi connectivity index (χ3n) is 2.15. The summed E-state index contributed by atoms with van der Waals surface area (Å²) in [6.45, 7) is 0. The van der Waals surface area contributed by atoms with Gasteiger partial charge < -0.3 is 9.50 Å². The molecule has 0 radical (unpaired) electrons. The fraction of sp³-hybridized carbons (Fsp3) is 0.273. The summed E-state index contributed by atoms with van der Waals surface area (Å²) in [4.78, 5) is 0. The molecule has 0 unspecified atom stereocenters. The first-order chi connectivity index (χ1) is 9.59. The number of para-hydroxylation sites is 1. The second-order valence-electron chi connectivity index (χ2n) is 3.63. The molecule has 1 N–H and O–H groups in total. The molecule has 6 nitrogen and oxygen atoms in total. The van der Waals surface area contributed by atoms with Crippen LogP contribution in [0, 0.1) is 0 Å². The van der Waals surface area contributed by atoms with E-state index in [1.54, 1.807) is 37.4 Å². The number of benzene rings is 1. The molecular weight excluding hydrogens is 318 g/mol. The molecule has 0 spiro atoms. The average molecular weight is 331 g/mol. The largest absolute Gasteiger partial charge is 0.382 e. The molecule has 1 heterocycles. The highest BCUT2D eigenvalue weighted by Gasteiger charge is 2.13. The quantitative estimate of drug-likeness (QED) is 0.614. The lowest BCUT2D eigenvalue weighted by molar-refractivity contribution is 0.488. The maximum absolute atomic E-state index is 11.8. The van der Waals surface area contributed by atoms with E-state index < -0.39 is 10.1 Å². The van der Waals surface area contributed by atoms with E-state index in [0.29, 0.717) is 16.6 Å². The Balaban J connectivity index is 1.83. The normalized spacial score (nSPS) is 11.2. The van der Waals surface area contributed by atoms with E-state index in [1.807, 2.05) is 0 Å². The molecule has 108 valence electrons. The first kappa shape index (κ1) is 15.1. The summed E-state index contributed by atoms with van der Waals surface area (Å²) in [6.07, 6.45) is 0. The van der Waals surface area contributed by atoms with Crippen LogP contribution in [0.5, 0.6) is 5.75 Å². The van der Waals surface area contributed by atoms with Gasteiger partial charge in [-0.05, 0) is 12.1 Å². The number of nitrogens with one attached hydrogen (secondary N) is 1. The molecule has 1 aromatic carbocycles. The second kappa shape index (κ2) is 6.91. The minimum Gasteiger partial charge on any atom is -0.382 e. The van der Waals surface area contributed by atoms with Crippen molar-refractivity contribution in [1.82, 2.24) is 10.2 Å². The SMILES string of the molecule is CNc1nnc(SCCS(=O)(=O)Oc2ccccc2)s1. The van der Waals surface area contributed by atoms with E-state index in [1.165, 1.54) is 23.1 Å². The molecule has 0 atom stereocenters. The monoisotopic (exact) mass is 331 g/mol. The van der Waals surface area contributed by atoms with E-state index in [0.717, 1.165) is 4.34 Å². The van der Waals surface area contributed by atoms with Gasteiger partial charge in [-0.2, -0.15) is 8.42 Å². The molecule has 1 aromatic heterocycles. The number of thioether (sulfide) groups is 1. The van der Waals surface area contributed by atoms with Gasteiger partial charge in [-0.15, -0.1) is 10.2 Å². The lowest BCUT2D eigenvalue weighted by atomic mass is 10.3. The Kier molecular flexibility index (Phi) is 5.21. The Morgan fingerprint density at radius 2 is 2.05 bits per heavy atom. The zero-order valence-corrected chi connectivity index (χ0v) is 13.1. The summed E-state index contributed by atoms with van der Waals surface area (Å²) in [5.74, 6) is 0.611. The standard InChI is InChI=1S/C11H13N3O3S3/c1-12-10-13-14-11(19-10)18-7-8-20(15,16)17-9-5-3-2-4-6-9/h2-6H,7-8H2,1H3,(H,12,13). The molecule has 0 bridgehead atoms. The minimum absolute atomic E-state index is 0.0823. The van der Waals surface area contributed by atoms with Crippen LogP contribution < -0.4 is 9.50 Å². The second-order valence-corrected chi connectivity index (χ2v) is 7.64. The third kappa shape index (κ3) is 4.66. The van der Waals surface area contributed by atoms with Gasteiger partial charge in [0.1, 0.15) is 5.75 Å². The number of nitrogens with zero attached hydrogens (tertiary/aromatic N) is 2. The first-order valence-corrected chi connectivity index (χ1v) is 9.08. The van der Waals surface area contributed by atoms with Crippen molar-refractivity contribution in [3.63, 3.8) is 0 Å². The molecular formula is C11H13N3O3S3. The van der Waals surface area contributed by atoms with Gasteiger partial charge in [0.2, 0.25) is 5.13 Å². The maximum Gasteiger partial charge on any atom is 0.310 e. The molecule has 2 rings (SSSR count). The minimum atomic E-state index is -3.58. The lowest BCUT2D eigenvalue weighted by Crippen LogP contribution is -2.15.